The Balaban J connectivity index is 1.96. The minimum atomic E-state index is 0.601. The van der Waals surface area contributed by atoms with E-state index in [1.165, 1.54) is 11.3 Å². The molecule has 3 aromatic rings. The van der Waals surface area contributed by atoms with Crippen molar-refractivity contribution in [1.82, 2.24) is 4.98 Å². The summed E-state index contributed by atoms with van der Waals surface area (Å²) in [5, 5.41) is 14.1. The Morgan fingerprint density at radius 2 is 2.14 bits per heavy atom. The molecule has 0 amide bonds. The molecule has 0 aliphatic carbocycles. The van der Waals surface area contributed by atoms with Gasteiger partial charge in [-0.3, -0.25) is 0 Å². The molecule has 0 saturated carbocycles. The first-order valence-electron chi connectivity index (χ1n) is 6.13. The van der Waals surface area contributed by atoms with Gasteiger partial charge in [0, 0.05) is 20.3 Å². The van der Waals surface area contributed by atoms with Gasteiger partial charge in [-0.05, 0) is 29.7 Å². The fraction of sp³-hybridized carbons (Fsp3) is 0. The van der Waals surface area contributed by atoms with Crippen LogP contribution in [0.5, 0.6) is 0 Å². The Labute approximate surface area is 139 Å². The lowest BCUT2D eigenvalue weighted by molar-refractivity contribution is 1.37. The molecule has 1 aromatic carbocycles. The van der Waals surface area contributed by atoms with Crippen LogP contribution >= 0.6 is 38.6 Å². The van der Waals surface area contributed by atoms with E-state index in [4.69, 9.17) is 0 Å². The zero-order valence-electron chi connectivity index (χ0n) is 10.8. The lowest BCUT2D eigenvalue weighted by Crippen LogP contribution is -1.82. The second-order valence-corrected chi connectivity index (χ2v) is 6.99. The van der Waals surface area contributed by atoms with E-state index < -0.39 is 0 Å². The molecule has 2 heterocycles. The second-order valence-electron chi connectivity index (χ2n) is 4.23. The van der Waals surface area contributed by atoms with Gasteiger partial charge in [0.05, 0.1) is 11.3 Å². The number of benzene rings is 1. The standard InChI is InChI=1S/C16H9BrN2S2/c17-13-4-1-3-11(7-13)15-10-21-16(19-15)12(9-18)8-14-5-2-6-20-14/h1-8,10H/b12-8+. The van der Waals surface area contributed by atoms with Crippen molar-refractivity contribution in [3.8, 4) is 17.3 Å². The van der Waals surface area contributed by atoms with E-state index in [1.807, 2.05) is 53.2 Å². The van der Waals surface area contributed by atoms with Crippen LogP contribution in [0.3, 0.4) is 0 Å². The lowest BCUT2D eigenvalue weighted by atomic mass is 10.2. The summed E-state index contributed by atoms with van der Waals surface area (Å²) >= 11 is 6.56. The molecule has 0 saturated heterocycles. The first-order valence-corrected chi connectivity index (χ1v) is 8.68. The molecule has 0 radical (unpaired) electrons. The van der Waals surface area contributed by atoms with E-state index in [9.17, 15) is 5.26 Å². The lowest BCUT2D eigenvalue weighted by Gasteiger charge is -1.97. The average molecular weight is 373 g/mol. The molecule has 0 aliphatic rings. The highest BCUT2D eigenvalue weighted by atomic mass is 79.9. The van der Waals surface area contributed by atoms with Crippen LogP contribution in [0, 0.1) is 11.3 Å². The number of halogens is 1. The number of aromatic nitrogens is 1. The maximum Gasteiger partial charge on any atom is 0.134 e. The van der Waals surface area contributed by atoms with Crippen molar-refractivity contribution in [1.29, 1.82) is 5.26 Å². The van der Waals surface area contributed by atoms with Gasteiger partial charge < -0.3 is 0 Å². The van der Waals surface area contributed by atoms with Crippen molar-refractivity contribution < 1.29 is 0 Å². The molecule has 0 fully saturated rings. The van der Waals surface area contributed by atoms with Gasteiger partial charge in [0.25, 0.3) is 0 Å². The number of hydrogen-bond acceptors (Lipinski definition) is 4. The van der Waals surface area contributed by atoms with E-state index in [-0.39, 0.29) is 0 Å². The molecule has 0 spiro atoms. The third-order valence-corrected chi connectivity index (χ3v) is 4.99. The molecule has 21 heavy (non-hydrogen) atoms. The predicted molar refractivity (Wildman–Crippen MR) is 93.1 cm³/mol. The van der Waals surface area contributed by atoms with Gasteiger partial charge in [0.15, 0.2) is 0 Å². The summed E-state index contributed by atoms with van der Waals surface area (Å²) in [6.45, 7) is 0. The van der Waals surface area contributed by atoms with Gasteiger partial charge in [-0.25, -0.2) is 4.98 Å². The van der Waals surface area contributed by atoms with E-state index >= 15 is 0 Å². The SMILES string of the molecule is N#C/C(=C\c1cccs1)c1nc(-c2cccc(Br)c2)cs1. The zero-order chi connectivity index (χ0) is 14.7. The number of rotatable bonds is 3. The Bertz CT molecular complexity index is 826. The molecule has 2 nitrogen and oxygen atoms in total. The molecule has 2 aromatic heterocycles. The summed E-state index contributed by atoms with van der Waals surface area (Å²) in [6, 6.07) is 14.2. The topological polar surface area (TPSA) is 36.7 Å². The second kappa shape index (κ2) is 6.35. The van der Waals surface area contributed by atoms with Crippen molar-refractivity contribution in [3.63, 3.8) is 0 Å². The largest absolute Gasteiger partial charge is 0.235 e. The van der Waals surface area contributed by atoms with Crippen molar-refractivity contribution in [2.75, 3.05) is 0 Å². The number of nitrogens with zero attached hydrogens (tertiary/aromatic N) is 2. The highest BCUT2D eigenvalue weighted by Crippen LogP contribution is 2.29. The molecule has 0 atom stereocenters. The molecule has 3 rings (SSSR count). The Morgan fingerprint density at radius 3 is 2.86 bits per heavy atom. The Kier molecular flexibility index (Phi) is 4.30. The molecule has 0 bridgehead atoms. The summed E-state index contributed by atoms with van der Waals surface area (Å²) in [4.78, 5) is 5.65. The van der Waals surface area contributed by atoms with Crippen LogP contribution in [0.15, 0.2) is 51.6 Å². The first-order chi connectivity index (χ1) is 10.3. The first kappa shape index (κ1) is 14.2. The van der Waals surface area contributed by atoms with Gasteiger partial charge in [-0.15, -0.1) is 22.7 Å². The minimum absolute atomic E-state index is 0.601. The Hall–Kier alpha value is -1.74. The monoisotopic (exact) mass is 372 g/mol. The number of thiazole rings is 1. The molecular formula is C16H9BrN2S2. The maximum atomic E-state index is 9.35. The zero-order valence-corrected chi connectivity index (χ0v) is 14.0. The van der Waals surface area contributed by atoms with Crippen LogP contribution in [-0.2, 0) is 0 Å². The number of hydrogen-bond donors (Lipinski definition) is 0. The quantitative estimate of drug-likeness (QED) is 0.553. The smallest absolute Gasteiger partial charge is 0.134 e. The van der Waals surface area contributed by atoms with Crippen LogP contribution < -0.4 is 0 Å². The molecule has 0 N–H and O–H groups in total. The molecule has 0 aliphatic heterocycles. The number of allylic oxidation sites excluding steroid dienone is 1. The van der Waals surface area contributed by atoms with Gasteiger partial charge in [-0.2, -0.15) is 5.26 Å². The van der Waals surface area contributed by atoms with Crippen LogP contribution in [0.1, 0.15) is 9.88 Å². The number of nitriles is 1. The van der Waals surface area contributed by atoms with Crippen molar-refractivity contribution in [2.24, 2.45) is 0 Å². The van der Waals surface area contributed by atoms with E-state index in [2.05, 4.69) is 27.0 Å². The molecule has 0 unspecified atom stereocenters. The normalized spacial score (nSPS) is 11.3. The molecular weight excluding hydrogens is 364 g/mol. The molecule has 102 valence electrons. The highest BCUT2D eigenvalue weighted by Gasteiger charge is 2.09. The maximum absolute atomic E-state index is 9.35. The fourth-order valence-corrected chi connectivity index (χ4v) is 3.69. The van der Waals surface area contributed by atoms with Gasteiger partial charge in [0.2, 0.25) is 0 Å². The molecule has 5 heteroatoms. The summed E-state index contributed by atoms with van der Waals surface area (Å²) in [5.41, 5.74) is 2.53. The third kappa shape index (κ3) is 3.30. The summed E-state index contributed by atoms with van der Waals surface area (Å²) in [6.07, 6.45) is 1.88. The van der Waals surface area contributed by atoms with E-state index in [0.29, 0.717) is 5.57 Å². The van der Waals surface area contributed by atoms with E-state index in [0.717, 1.165) is 25.6 Å². The third-order valence-electron chi connectivity index (χ3n) is 2.81. The summed E-state index contributed by atoms with van der Waals surface area (Å²) in [7, 11) is 0. The fourth-order valence-electron chi connectivity index (χ4n) is 1.84. The average Bonchev–Trinajstić information content (AvgIpc) is 3.16. The van der Waals surface area contributed by atoms with Crippen molar-refractivity contribution in [3.05, 3.63) is 61.5 Å². The summed E-state index contributed by atoms with van der Waals surface area (Å²) < 4.78 is 1.02. The van der Waals surface area contributed by atoms with Gasteiger partial charge >= 0.3 is 0 Å². The van der Waals surface area contributed by atoms with Crippen LogP contribution in [0.4, 0.5) is 0 Å². The van der Waals surface area contributed by atoms with Crippen LogP contribution in [-0.4, -0.2) is 4.98 Å². The predicted octanol–water partition coefficient (Wildman–Crippen LogP) is 5.70. The number of thiophene rings is 1. The minimum Gasteiger partial charge on any atom is -0.235 e. The summed E-state index contributed by atoms with van der Waals surface area (Å²) in [5.74, 6) is 0. The van der Waals surface area contributed by atoms with Crippen molar-refractivity contribution >= 4 is 50.3 Å². The van der Waals surface area contributed by atoms with Gasteiger partial charge in [0.1, 0.15) is 11.1 Å². The highest BCUT2D eigenvalue weighted by molar-refractivity contribution is 9.10. The van der Waals surface area contributed by atoms with Crippen LogP contribution in [0.25, 0.3) is 22.9 Å². The van der Waals surface area contributed by atoms with Gasteiger partial charge in [-0.1, -0.05) is 34.1 Å². The Morgan fingerprint density at radius 1 is 1.24 bits per heavy atom. The van der Waals surface area contributed by atoms with E-state index in [1.54, 1.807) is 11.3 Å². The van der Waals surface area contributed by atoms with Crippen LogP contribution in [0.2, 0.25) is 0 Å². The van der Waals surface area contributed by atoms with Crippen molar-refractivity contribution in [2.45, 2.75) is 0 Å².